The molecular weight excluding hydrogens is 386 g/mol. The first-order valence-corrected chi connectivity index (χ1v) is 9.82. The van der Waals surface area contributed by atoms with Crippen molar-refractivity contribution < 1.29 is 23.7 Å². The molecule has 2 aromatic rings. The maximum Gasteiger partial charge on any atom is 0.235 e. The van der Waals surface area contributed by atoms with Crippen LogP contribution in [0.1, 0.15) is 18.8 Å². The van der Waals surface area contributed by atoms with E-state index in [0.717, 1.165) is 12.1 Å². The third-order valence-electron chi connectivity index (χ3n) is 4.83. The number of pyridine rings is 1. The quantitative estimate of drug-likeness (QED) is 0.710. The molecule has 0 radical (unpaired) electrons. The summed E-state index contributed by atoms with van der Waals surface area (Å²) in [7, 11) is 5.56. The van der Waals surface area contributed by atoms with Crippen molar-refractivity contribution in [2.45, 2.75) is 13.2 Å². The van der Waals surface area contributed by atoms with Gasteiger partial charge in [-0.1, -0.05) is 18.2 Å². The molecular formula is C22H29N3O5. The van der Waals surface area contributed by atoms with E-state index in [2.05, 4.69) is 10.3 Å². The summed E-state index contributed by atoms with van der Waals surface area (Å²) in [5.41, 5.74) is 0.573. The smallest absolute Gasteiger partial charge is 0.235 e. The monoisotopic (exact) mass is 415 g/mol. The molecule has 1 aliphatic rings. The lowest BCUT2D eigenvalue weighted by Gasteiger charge is -2.36. The van der Waals surface area contributed by atoms with Crippen LogP contribution in [0.25, 0.3) is 0 Å². The number of ether oxygens (including phenoxy) is 4. The number of methoxy groups -OCH3 is 1. The molecule has 0 saturated carbocycles. The normalized spacial score (nSPS) is 21.3. The van der Waals surface area contributed by atoms with E-state index in [-0.39, 0.29) is 19.1 Å². The van der Waals surface area contributed by atoms with E-state index < -0.39 is 11.7 Å². The highest BCUT2D eigenvalue weighted by Gasteiger charge is 2.40. The second kappa shape index (κ2) is 9.88. The van der Waals surface area contributed by atoms with Crippen molar-refractivity contribution in [1.82, 2.24) is 9.88 Å². The first-order chi connectivity index (χ1) is 14.4. The largest absolute Gasteiger partial charge is 0.496 e. The zero-order valence-electron chi connectivity index (χ0n) is 17.9. The summed E-state index contributed by atoms with van der Waals surface area (Å²) < 4.78 is 22.7. The molecule has 1 aliphatic heterocycles. The second-order valence-corrected chi connectivity index (χ2v) is 7.75. The van der Waals surface area contributed by atoms with Crippen LogP contribution in [0.15, 0.2) is 42.6 Å². The van der Waals surface area contributed by atoms with Crippen LogP contribution in [0.5, 0.6) is 11.6 Å². The fraction of sp³-hybridized carbons (Fsp3) is 0.455. The van der Waals surface area contributed by atoms with E-state index in [9.17, 15) is 4.79 Å². The third-order valence-corrected chi connectivity index (χ3v) is 4.83. The maximum atomic E-state index is 12.8. The molecule has 0 unspecified atom stereocenters. The van der Waals surface area contributed by atoms with Crippen LogP contribution in [-0.2, 0) is 14.3 Å². The number of hydrogen-bond donors (Lipinski definition) is 1. The molecule has 1 amide bonds. The van der Waals surface area contributed by atoms with Crippen molar-refractivity contribution in [3.63, 3.8) is 0 Å². The Morgan fingerprint density at radius 3 is 2.60 bits per heavy atom. The highest BCUT2D eigenvalue weighted by atomic mass is 16.7. The van der Waals surface area contributed by atoms with Gasteiger partial charge in [-0.05, 0) is 33.2 Å². The highest BCUT2D eigenvalue weighted by molar-refractivity contribution is 5.95. The van der Waals surface area contributed by atoms with E-state index in [1.165, 1.54) is 0 Å². The van der Waals surface area contributed by atoms with Crippen molar-refractivity contribution in [2.24, 2.45) is 5.41 Å². The van der Waals surface area contributed by atoms with Crippen LogP contribution in [-0.4, -0.2) is 63.4 Å². The third kappa shape index (κ3) is 5.47. The summed E-state index contributed by atoms with van der Waals surface area (Å²) in [4.78, 5) is 19.1. The summed E-state index contributed by atoms with van der Waals surface area (Å²) >= 11 is 0. The molecule has 8 nitrogen and oxygen atoms in total. The van der Waals surface area contributed by atoms with E-state index >= 15 is 0 Å². The molecule has 1 saturated heterocycles. The molecule has 8 heteroatoms. The number of aromatic nitrogens is 1. The number of likely N-dealkylation sites (N-methyl/N-ethyl adjacent to an activating group) is 1. The van der Waals surface area contributed by atoms with Crippen molar-refractivity contribution >= 4 is 11.6 Å². The number of carbonyl (C=O) groups excluding carboxylic acids is 1. The van der Waals surface area contributed by atoms with Gasteiger partial charge in [0.2, 0.25) is 11.8 Å². The molecule has 3 rings (SSSR count). The summed E-state index contributed by atoms with van der Waals surface area (Å²) in [5.74, 6) is 1.02. The van der Waals surface area contributed by atoms with E-state index in [4.69, 9.17) is 18.9 Å². The van der Waals surface area contributed by atoms with Gasteiger partial charge >= 0.3 is 0 Å². The van der Waals surface area contributed by atoms with Crippen molar-refractivity contribution in [3.05, 3.63) is 48.2 Å². The first kappa shape index (κ1) is 22.0. The Kier molecular flexibility index (Phi) is 7.25. The lowest BCUT2D eigenvalue weighted by Crippen LogP contribution is -2.45. The minimum Gasteiger partial charge on any atom is -0.496 e. The van der Waals surface area contributed by atoms with Gasteiger partial charge in [0.15, 0.2) is 6.29 Å². The van der Waals surface area contributed by atoms with Gasteiger partial charge in [0.05, 0.1) is 37.6 Å². The van der Waals surface area contributed by atoms with E-state index in [0.29, 0.717) is 23.9 Å². The molecule has 1 N–H and O–H groups in total. The van der Waals surface area contributed by atoms with Gasteiger partial charge in [0.25, 0.3) is 0 Å². The Morgan fingerprint density at radius 1 is 1.23 bits per heavy atom. The number of hydrogen-bond acceptors (Lipinski definition) is 7. The lowest BCUT2D eigenvalue weighted by atomic mass is 9.90. The van der Waals surface area contributed by atoms with E-state index in [1.807, 2.05) is 50.2 Å². The average Bonchev–Trinajstić information content (AvgIpc) is 2.75. The Balaban J connectivity index is 1.54. The Bertz CT molecular complexity index is 833. The number of rotatable bonds is 8. The van der Waals surface area contributed by atoms with Gasteiger partial charge in [0.1, 0.15) is 12.4 Å². The van der Waals surface area contributed by atoms with Gasteiger partial charge in [-0.2, -0.15) is 0 Å². The second-order valence-electron chi connectivity index (χ2n) is 7.75. The molecule has 2 heterocycles. The van der Waals surface area contributed by atoms with E-state index in [1.54, 1.807) is 25.4 Å². The van der Waals surface area contributed by atoms with Gasteiger partial charge < -0.3 is 29.2 Å². The minimum absolute atomic E-state index is 0.191. The van der Waals surface area contributed by atoms with Crippen LogP contribution < -0.4 is 14.8 Å². The molecule has 1 aromatic carbocycles. The predicted molar refractivity (Wildman–Crippen MR) is 113 cm³/mol. The molecule has 0 aliphatic carbocycles. The number of carbonyl (C=O) groups is 1. The zero-order valence-corrected chi connectivity index (χ0v) is 17.9. The molecule has 0 bridgehead atoms. The van der Waals surface area contributed by atoms with Gasteiger partial charge in [-0.3, -0.25) is 4.79 Å². The molecule has 0 atom stereocenters. The zero-order chi connectivity index (χ0) is 21.6. The number of nitrogens with zero attached hydrogens (tertiary/aromatic N) is 2. The molecule has 1 aromatic heterocycles. The van der Waals surface area contributed by atoms with Crippen LogP contribution in [0.3, 0.4) is 0 Å². The molecule has 30 heavy (non-hydrogen) atoms. The van der Waals surface area contributed by atoms with Crippen LogP contribution in [0.2, 0.25) is 0 Å². The van der Waals surface area contributed by atoms with Crippen molar-refractivity contribution in [2.75, 3.05) is 52.9 Å². The predicted octanol–water partition coefficient (Wildman–Crippen LogP) is 2.72. The summed E-state index contributed by atoms with van der Waals surface area (Å²) in [6.07, 6.45) is 1.01. The average molecular weight is 415 g/mol. The maximum absolute atomic E-state index is 12.8. The van der Waals surface area contributed by atoms with Crippen LogP contribution >= 0.6 is 0 Å². The Hall–Kier alpha value is -2.68. The topological polar surface area (TPSA) is 82.2 Å². The fourth-order valence-electron chi connectivity index (χ4n) is 2.94. The first-order valence-electron chi connectivity index (χ1n) is 9.82. The number of benzene rings is 1. The van der Waals surface area contributed by atoms with Gasteiger partial charge in [0, 0.05) is 18.2 Å². The fourth-order valence-corrected chi connectivity index (χ4v) is 2.94. The molecule has 1 fully saturated rings. The Labute approximate surface area is 177 Å². The standard InChI is InChI=1S/C22H29N3O5/c1-22(14-29-20(30-15-22)17-7-5-6-8-18(17)27-4)21(26)24-16-9-10-19(23-13-16)28-12-11-25(2)3/h5-10,13,20H,11-12,14-15H2,1-4H3,(H,24,26). The Morgan fingerprint density at radius 2 is 1.97 bits per heavy atom. The summed E-state index contributed by atoms with van der Waals surface area (Å²) in [6, 6.07) is 11.0. The summed E-state index contributed by atoms with van der Waals surface area (Å²) in [5, 5.41) is 2.88. The summed E-state index contributed by atoms with van der Waals surface area (Å²) in [6.45, 7) is 3.61. The van der Waals surface area contributed by atoms with Crippen LogP contribution in [0, 0.1) is 5.41 Å². The number of anilines is 1. The van der Waals surface area contributed by atoms with Gasteiger partial charge in [-0.15, -0.1) is 0 Å². The highest BCUT2D eigenvalue weighted by Crippen LogP contribution is 2.36. The SMILES string of the molecule is COc1ccccc1C1OCC(C)(C(=O)Nc2ccc(OCCN(C)C)nc2)CO1. The van der Waals surface area contributed by atoms with Gasteiger partial charge in [-0.25, -0.2) is 4.98 Å². The van der Waals surface area contributed by atoms with Crippen molar-refractivity contribution in [3.8, 4) is 11.6 Å². The lowest BCUT2D eigenvalue weighted by molar-refractivity contribution is -0.226. The molecule has 0 spiro atoms. The number of amides is 1. The van der Waals surface area contributed by atoms with Crippen LogP contribution in [0.4, 0.5) is 5.69 Å². The number of para-hydroxylation sites is 1. The van der Waals surface area contributed by atoms with Crippen molar-refractivity contribution in [1.29, 1.82) is 0 Å². The minimum atomic E-state index is -0.820. The molecule has 162 valence electrons. The number of nitrogens with one attached hydrogen (secondary N) is 1.